The summed E-state index contributed by atoms with van der Waals surface area (Å²) in [6, 6.07) is 7.24. The van der Waals surface area contributed by atoms with E-state index >= 15 is 0 Å². The van der Waals surface area contributed by atoms with Gasteiger partial charge < -0.3 is 14.8 Å². The first-order chi connectivity index (χ1) is 11.9. The van der Waals surface area contributed by atoms with E-state index in [4.69, 9.17) is 9.47 Å². The molecule has 1 rings (SSSR count). The van der Waals surface area contributed by atoms with Crippen molar-refractivity contribution in [1.82, 2.24) is 0 Å². The number of hydrogen-bond donors (Lipinski definition) is 1. The molecule has 0 aliphatic rings. The topological polar surface area (TPSA) is 71.3 Å². The monoisotopic (exact) mass is 346 g/mol. The van der Waals surface area contributed by atoms with Gasteiger partial charge in [0.1, 0.15) is 17.4 Å². The number of carbonyl (C=O) groups is 1. The summed E-state index contributed by atoms with van der Waals surface area (Å²) in [5.41, 5.74) is 0.107. The molecule has 0 fully saturated rings. The average molecular weight is 346 g/mol. The van der Waals surface area contributed by atoms with Crippen LogP contribution in [-0.4, -0.2) is 24.7 Å². The van der Waals surface area contributed by atoms with Crippen LogP contribution in [0.1, 0.15) is 59.4 Å². The zero-order valence-electron chi connectivity index (χ0n) is 16.0. The van der Waals surface area contributed by atoms with Crippen molar-refractivity contribution in [1.29, 1.82) is 5.26 Å². The summed E-state index contributed by atoms with van der Waals surface area (Å²) in [6.45, 7) is 10.9. The lowest BCUT2D eigenvalue weighted by molar-refractivity contribution is -0.139. The molecule has 0 aliphatic heterocycles. The van der Waals surface area contributed by atoms with E-state index in [9.17, 15) is 10.1 Å². The van der Waals surface area contributed by atoms with E-state index in [1.807, 2.05) is 27.7 Å². The van der Waals surface area contributed by atoms with Crippen molar-refractivity contribution < 1.29 is 14.3 Å². The molecule has 138 valence electrons. The van der Waals surface area contributed by atoms with Crippen molar-refractivity contribution >= 4 is 11.6 Å². The minimum atomic E-state index is -0.871. The van der Waals surface area contributed by atoms with E-state index in [2.05, 4.69) is 18.3 Å². The second kappa shape index (κ2) is 10.0. The lowest BCUT2D eigenvalue weighted by Gasteiger charge is -2.28. The molecule has 1 unspecified atom stereocenters. The van der Waals surface area contributed by atoms with Crippen LogP contribution in [0.2, 0.25) is 0 Å². The summed E-state index contributed by atoms with van der Waals surface area (Å²) < 4.78 is 11.4. The molecule has 0 spiro atoms. The molecule has 5 heteroatoms. The normalized spacial score (nSPS) is 13.2. The van der Waals surface area contributed by atoms with E-state index in [1.54, 1.807) is 18.2 Å². The fourth-order valence-electron chi connectivity index (χ4n) is 2.42. The molecular weight excluding hydrogens is 316 g/mol. The third-order valence-corrected chi connectivity index (χ3v) is 3.88. The molecule has 0 bridgehead atoms. The average Bonchev–Trinajstić information content (AvgIpc) is 2.58. The van der Waals surface area contributed by atoms with Gasteiger partial charge in [-0.15, -0.1) is 0 Å². The Bertz CT molecular complexity index is 607. The van der Waals surface area contributed by atoms with Gasteiger partial charge in [0.05, 0.1) is 12.2 Å². The van der Waals surface area contributed by atoms with Crippen molar-refractivity contribution in [2.24, 2.45) is 5.92 Å². The Hall–Kier alpha value is -2.06. The Morgan fingerprint density at radius 1 is 1.36 bits per heavy atom. The summed E-state index contributed by atoms with van der Waals surface area (Å²) in [5, 5.41) is 12.2. The maximum atomic E-state index is 12.7. The van der Waals surface area contributed by atoms with E-state index in [0.717, 1.165) is 12.8 Å². The Morgan fingerprint density at radius 2 is 2.08 bits per heavy atom. The van der Waals surface area contributed by atoms with E-state index in [1.165, 1.54) is 0 Å². The van der Waals surface area contributed by atoms with E-state index in [-0.39, 0.29) is 5.91 Å². The maximum absolute atomic E-state index is 12.7. The fourth-order valence-corrected chi connectivity index (χ4v) is 2.42. The van der Waals surface area contributed by atoms with Gasteiger partial charge in [0.25, 0.3) is 5.91 Å². The van der Waals surface area contributed by atoms with Gasteiger partial charge in [0.15, 0.2) is 0 Å². The summed E-state index contributed by atoms with van der Waals surface area (Å²) in [6.07, 6.45) is 2.57. The Kier molecular flexibility index (Phi) is 8.44. The van der Waals surface area contributed by atoms with Crippen LogP contribution in [0.5, 0.6) is 5.75 Å². The molecule has 0 radical (unpaired) electrons. The van der Waals surface area contributed by atoms with Crippen molar-refractivity contribution in [2.75, 3.05) is 18.5 Å². The fraction of sp³-hybridized carbons (Fsp3) is 0.600. The van der Waals surface area contributed by atoms with Crippen LogP contribution in [0.3, 0.4) is 0 Å². The molecule has 0 aromatic heterocycles. The molecule has 1 atom stereocenters. The van der Waals surface area contributed by atoms with Gasteiger partial charge in [-0.25, -0.2) is 0 Å². The number of unbranched alkanes of at least 4 members (excludes halogenated alkanes) is 1. The number of nitriles is 1. The molecule has 1 aromatic rings. The van der Waals surface area contributed by atoms with Crippen molar-refractivity contribution in [2.45, 2.75) is 59.5 Å². The van der Waals surface area contributed by atoms with Crippen LogP contribution >= 0.6 is 0 Å². The first kappa shape index (κ1) is 21.0. The second-order valence-electron chi connectivity index (χ2n) is 6.75. The Balaban J connectivity index is 2.90. The Labute approximate surface area is 151 Å². The molecule has 0 saturated carbocycles. The van der Waals surface area contributed by atoms with Crippen molar-refractivity contribution in [3.63, 3.8) is 0 Å². The lowest BCUT2D eigenvalue weighted by Crippen LogP contribution is -2.42. The van der Waals surface area contributed by atoms with E-state index in [0.29, 0.717) is 42.6 Å². The summed E-state index contributed by atoms with van der Waals surface area (Å²) in [7, 11) is 0. The van der Waals surface area contributed by atoms with Crippen LogP contribution in [0, 0.1) is 17.2 Å². The molecular formula is C20H30N2O3. The predicted octanol–water partition coefficient (Wildman–Crippen LogP) is 4.52. The first-order valence-corrected chi connectivity index (χ1v) is 8.98. The number of amides is 1. The molecule has 0 heterocycles. The van der Waals surface area contributed by atoms with Gasteiger partial charge in [-0.3, -0.25) is 4.79 Å². The molecule has 1 aromatic carbocycles. The number of rotatable bonds is 10. The number of benzene rings is 1. The molecule has 1 amide bonds. The zero-order chi connectivity index (χ0) is 18.9. The standard InChI is InChI=1S/C20H30N2O3/c1-6-8-11-20(5,25-7-2)19(23)22-17-9-10-18(16(12-17)13-21)24-14-15(3)4/h9-10,12,15H,6-8,11,14H2,1-5H3,(H,22,23). The van der Waals surface area contributed by atoms with Crippen molar-refractivity contribution in [3.05, 3.63) is 23.8 Å². The number of carbonyl (C=O) groups excluding carboxylic acids is 1. The van der Waals surface area contributed by atoms with Gasteiger partial charge in [-0.2, -0.15) is 5.26 Å². The van der Waals surface area contributed by atoms with Crippen LogP contribution in [0.4, 0.5) is 5.69 Å². The van der Waals surface area contributed by atoms with Crippen LogP contribution in [0.15, 0.2) is 18.2 Å². The minimum Gasteiger partial charge on any atom is -0.492 e. The van der Waals surface area contributed by atoms with E-state index < -0.39 is 5.60 Å². The number of anilines is 1. The van der Waals surface area contributed by atoms with Gasteiger partial charge in [-0.05, 0) is 44.4 Å². The number of nitrogens with one attached hydrogen (secondary N) is 1. The molecule has 0 aliphatic carbocycles. The highest BCUT2D eigenvalue weighted by atomic mass is 16.5. The highest BCUT2D eigenvalue weighted by molar-refractivity contribution is 5.97. The highest BCUT2D eigenvalue weighted by Crippen LogP contribution is 2.25. The summed E-state index contributed by atoms with van der Waals surface area (Å²) in [4.78, 5) is 12.7. The van der Waals surface area contributed by atoms with Gasteiger partial charge in [0, 0.05) is 12.3 Å². The molecule has 25 heavy (non-hydrogen) atoms. The molecule has 5 nitrogen and oxygen atoms in total. The third kappa shape index (κ3) is 6.39. The van der Waals surface area contributed by atoms with Crippen LogP contribution in [0.25, 0.3) is 0 Å². The van der Waals surface area contributed by atoms with Gasteiger partial charge in [-0.1, -0.05) is 33.6 Å². The van der Waals surface area contributed by atoms with Crippen LogP contribution < -0.4 is 10.1 Å². The first-order valence-electron chi connectivity index (χ1n) is 8.98. The van der Waals surface area contributed by atoms with Crippen molar-refractivity contribution in [3.8, 4) is 11.8 Å². The third-order valence-electron chi connectivity index (χ3n) is 3.88. The van der Waals surface area contributed by atoms with Crippen LogP contribution in [-0.2, 0) is 9.53 Å². The minimum absolute atomic E-state index is 0.192. The summed E-state index contributed by atoms with van der Waals surface area (Å²) in [5.74, 6) is 0.715. The highest BCUT2D eigenvalue weighted by Gasteiger charge is 2.33. The molecule has 0 saturated heterocycles. The smallest absolute Gasteiger partial charge is 0.256 e. The van der Waals surface area contributed by atoms with Gasteiger partial charge >= 0.3 is 0 Å². The summed E-state index contributed by atoms with van der Waals surface area (Å²) >= 11 is 0. The number of hydrogen-bond acceptors (Lipinski definition) is 4. The number of ether oxygens (including phenoxy) is 2. The number of nitrogens with zero attached hydrogens (tertiary/aromatic N) is 1. The Morgan fingerprint density at radius 3 is 2.64 bits per heavy atom. The predicted molar refractivity (Wildman–Crippen MR) is 99.7 cm³/mol. The molecule has 1 N–H and O–H groups in total. The SMILES string of the molecule is CCCCC(C)(OCC)C(=O)Nc1ccc(OCC(C)C)c(C#N)c1. The van der Waals surface area contributed by atoms with Gasteiger partial charge in [0.2, 0.25) is 0 Å². The lowest BCUT2D eigenvalue weighted by atomic mass is 9.97. The maximum Gasteiger partial charge on any atom is 0.256 e. The second-order valence-corrected chi connectivity index (χ2v) is 6.75. The quantitative estimate of drug-likeness (QED) is 0.676. The zero-order valence-corrected chi connectivity index (χ0v) is 16.0. The largest absolute Gasteiger partial charge is 0.492 e.